The average Bonchev–Trinajstić information content (AvgIpc) is 2.64. The van der Waals surface area contributed by atoms with Crippen molar-refractivity contribution in [3.05, 3.63) is 59.4 Å². The van der Waals surface area contributed by atoms with Crippen molar-refractivity contribution in [2.75, 3.05) is 38.2 Å². The lowest BCUT2D eigenvalue weighted by molar-refractivity contribution is 0.246. The standard InChI is InChI=1S/C19H20FN3O/c1-24-19-5-3-2-4-18(19)23-10-8-22(9-11-23)14-16-12-15(13-21)6-7-17(16)20/h2-7,12H,8-11,14H2,1H3. The summed E-state index contributed by atoms with van der Waals surface area (Å²) < 4.78 is 19.4. The van der Waals surface area contributed by atoms with E-state index in [1.807, 2.05) is 18.2 Å². The highest BCUT2D eigenvalue weighted by Gasteiger charge is 2.20. The largest absolute Gasteiger partial charge is 0.495 e. The predicted molar refractivity (Wildman–Crippen MR) is 91.6 cm³/mol. The molecule has 0 radical (unpaired) electrons. The molecule has 1 fully saturated rings. The zero-order valence-corrected chi connectivity index (χ0v) is 13.7. The first kappa shape index (κ1) is 16.3. The fourth-order valence-electron chi connectivity index (χ4n) is 3.04. The maximum absolute atomic E-state index is 13.9. The van der Waals surface area contributed by atoms with E-state index in [0.717, 1.165) is 37.6 Å². The molecule has 1 aliphatic heterocycles. The van der Waals surface area contributed by atoms with Crippen LogP contribution in [0, 0.1) is 17.1 Å². The average molecular weight is 325 g/mol. The van der Waals surface area contributed by atoms with Crippen LogP contribution in [0.15, 0.2) is 42.5 Å². The van der Waals surface area contributed by atoms with Crippen LogP contribution < -0.4 is 9.64 Å². The minimum absolute atomic E-state index is 0.249. The molecule has 1 heterocycles. The number of rotatable bonds is 4. The van der Waals surface area contributed by atoms with Gasteiger partial charge in [0.1, 0.15) is 11.6 Å². The smallest absolute Gasteiger partial charge is 0.142 e. The molecule has 2 aromatic rings. The van der Waals surface area contributed by atoms with Gasteiger partial charge in [-0.1, -0.05) is 12.1 Å². The van der Waals surface area contributed by atoms with Crippen molar-refractivity contribution in [3.63, 3.8) is 0 Å². The summed E-state index contributed by atoms with van der Waals surface area (Å²) in [4.78, 5) is 4.50. The first-order valence-electron chi connectivity index (χ1n) is 8.00. The number of benzene rings is 2. The van der Waals surface area contributed by atoms with E-state index in [9.17, 15) is 4.39 Å². The molecule has 0 bridgehead atoms. The van der Waals surface area contributed by atoms with Gasteiger partial charge in [0, 0.05) is 38.3 Å². The highest BCUT2D eigenvalue weighted by Crippen LogP contribution is 2.28. The quantitative estimate of drug-likeness (QED) is 0.866. The Hall–Kier alpha value is -2.58. The van der Waals surface area contributed by atoms with E-state index in [0.29, 0.717) is 17.7 Å². The van der Waals surface area contributed by atoms with Crippen molar-refractivity contribution in [2.24, 2.45) is 0 Å². The Morgan fingerprint density at radius 3 is 2.58 bits per heavy atom. The van der Waals surface area contributed by atoms with Crippen LogP contribution in [0.2, 0.25) is 0 Å². The Morgan fingerprint density at radius 2 is 1.88 bits per heavy atom. The first-order valence-corrected chi connectivity index (χ1v) is 8.00. The van der Waals surface area contributed by atoms with Crippen molar-refractivity contribution >= 4 is 5.69 Å². The van der Waals surface area contributed by atoms with Crippen LogP contribution in [0.5, 0.6) is 5.75 Å². The Kier molecular flexibility index (Phi) is 4.97. The SMILES string of the molecule is COc1ccccc1N1CCN(Cc2cc(C#N)ccc2F)CC1. The van der Waals surface area contributed by atoms with E-state index >= 15 is 0 Å². The highest BCUT2D eigenvalue weighted by molar-refractivity contribution is 5.58. The second-order valence-corrected chi connectivity index (χ2v) is 5.85. The Bertz CT molecular complexity index is 749. The van der Waals surface area contributed by atoms with Crippen molar-refractivity contribution in [1.82, 2.24) is 4.90 Å². The van der Waals surface area contributed by atoms with Crippen LogP contribution in [0.1, 0.15) is 11.1 Å². The van der Waals surface area contributed by atoms with Gasteiger partial charge in [0.15, 0.2) is 0 Å². The summed E-state index contributed by atoms with van der Waals surface area (Å²) in [6, 6.07) is 14.6. The number of ether oxygens (including phenoxy) is 1. The van der Waals surface area contributed by atoms with E-state index in [2.05, 4.69) is 21.9 Å². The molecule has 0 spiro atoms. The van der Waals surface area contributed by atoms with E-state index in [1.54, 1.807) is 13.2 Å². The minimum Gasteiger partial charge on any atom is -0.495 e. The number of nitrogens with zero attached hydrogens (tertiary/aromatic N) is 3. The molecule has 2 aromatic carbocycles. The zero-order chi connectivity index (χ0) is 16.9. The van der Waals surface area contributed by atoms with E-state index in [-0.39, 0.29) is 5.82 Å². The number of nitriles is 1. The summed E-state index contributed by atoms with van der Waals surface area (Å²) in [6.45, 7) is 3.93. The van der Waals surface area contributed by atoms with E-state index in [4.69, 9.17) is 10.00 Å². The molecule has 3 rings (SSSR count). The monoisotopic (exact) mass is 325 g/mol. The summed E-state index contributed by atoms with van der Waals surface area (Å²) >= 11 is 0. The number of piperazine rings is 1. The Balaban J connectivity index is 1.65. The van der Waals surface area contributed by atoms with Crippen molar-refractivity contribution in [2.45, 2.75) is 6.54 Å². The number of methoxy groups -OCH3 is 1. The third-order valence-corrected chi connectivity index (χ3v) is 4.37. The van der Waals surface area contributed by atoms with E-state index in [1.165, 1.54) is 12.1 Å². The summed E-state index contributed by atoms with van der Waals surface area (Å²) in [6.07, 6.45) is 0. The number of para-hydroxylation sites is 2. The third kappa shape index (κ3) is 3.50. The molecule has 0 N–H and O–H groups in total. The lowest BCUT2D eigenvalue weighted by Gasteiger charge is -2.36. The van der Waals surface area contributed by atoms with Gasteiger partial charge in [-0.05, 0) is 30.3 Å². The van der Waals surface area contributed by atoms with Gasteiger partial charge in [-0.2, -0.15) is 5.26 Å². The van der Waals surface area contributed by atoms with E-state index < -0.39 is 0 Å². The molecule has 1 aliphatic rings. The summed E-state index contributed by atoms with van der Waals surface area (Å²) in [5.74, 6) is 0.625. The maximum atomic E-state index is 13.9. The molecule has 0 aromatic heterocycles. The van der Waals surface area contributed by atoms with Gasteiger partial charge in [0.25, 0.3) is 0 Å². The molecule has 0 amide bonds. The molecule has 24 heavy (non-hydrogen) atoms. The molecule has 0 aliphatic carbocycles. The second kappa shape index (κ2) is 7.33. The Labute approximate surface area is 141 Å². The molecule has 0 unspecified atom stereocenters. The number of hydrogen-bond acceptors (Lipinski definition) is 4. The number of halogens is 1. The van der Waals surface area contributed by atoms with Gasteiger partial charge < -0.3 is 9.64 Å². The number of hydrogen-bond donors (Lipinski definition) is 0. The number of anilines is 1. The minimum atomic E-state index is -0.249. The molecule has 124 valence electrons. The zero-order valence-electron chi connectivity index (χ0n) is 13.7. The van der Waals surface area contributed by atoms with Gasteiger partial charge in [-0.3, -0.25) is 4.90 Å². The van der Waals surface area contributed by atoms with Crippen LogP contribution in [0.3, 0.4) is 0 Å². The fraction of sp³-hybridized carbons (Fsp3) is 0.316. The third-order valence-electron chi connectivity index (χ3n) is 4.37. The van der Waals surface area contributed by atoms with Gasteiger partial charge in [0.05, 0.1) is 24.4 Å². The molecule has 1 saturated heterocycles. The molecule has 0 saturated carbocycles. The molecular weight excluding hydrogens is 305 g/mol. The lowest BCUT2D eigenvalue weighted by Crippen LogP contribution is -2.46. The second-order valence-electron chi connectivity index (χ2n) is 5.85. The highest BCUT2D eigenvalue weighted by atomic mass is 19.1. The van der Waals surface area contributed by atoms with Gasteiger partial charge in [-0.25, -0.2) is 4.39 Å². The molecular formula is C19H20FN3O. The fourth-order valence-corrected chi connectivity index (χ4v) is 3.04. The summed E-state index contributed by atoms with van der Waals surface area (Å²) in [7, 11) is 1.68. The predicted octanol–water partition coefficient (Wildman–Crippen LogP) is 3.03. The topological polar surface area (TPSA) is 39.5 Å². The Morgan fingerprint density at radius 1 is 1.12 bits per heavy atom. The summed E-state index contributed by atoms with van der Waals surface area (Å²) in [5, 5.41) is 8.96. The molecule has 5 heteroatoms. The summed E-state index contributed by atoms with van der Waals surface area (Å²) in [5.41, 5.74) is 2.18. The van der Waals surface area contributed by atoms with Crippen LogP contribution in [0.25, 0.3) is 0 Å². The van der Waals surface area contributed by atoms with Crippen LogP contribution in [-0.2, 0) is 6.54 Å². The molecule has 0 atom stereocenters. The molecule has 4 nitrogen and oxygen atoms in total. The van der Waals surface area contributed by atoms with Crippen LogP contribution >= 0.6 is 0 Å². The van der Waals surface area contributed by atoms with Gasteiger partial charge in [0.2, 0.25) is 0 Å². The van der Waals surface area contributed by atoms with Crippen molar-refractivity contribution in [1.29, 1.82) is 5.26 Å². The van der Waals surface area contributed by atoms with Gasteiger partial charge >= 0.3 is 0 Å². The first-order chi connectivity index (χ1) is 11.7. The normalized spacial score (nSPS) is 15.1. The van der Waals surface area contributed by atoms with Crippen molar-refractivity contribution in [3.8, 4) is 11.8 Å². The van der Waals surface area contributed by atoms with Gasteiger partial charge in [-0.15, -0.1) is 0 Å². The van der Waals surface area contributed by atoms with Crippen molar-refractivity contribution < 1.29 is 9.13 Å². The van der Waals surface area contributed by atoms with Crippen LogP contribution in [0.4, 0.5) is 10.1 Å². The maximum Gasteiger partial charge on any atom is 0.142 e. The lowest BCUT2D eigenvalue weighted by atomic mass is 10.1. The van der Waals surface area contributed by atoms with Crippen LogP contribution in [-0.4, -0.2) is 38.2 Å².